The van der Waals surface area contributed by atoms with Gasteiger partial charge >= 0.3 is 0 Å². The standard InChI is InChI=1S/C22H30N2O2/c25-21(22-11-15-8-16(12-22)10-17(9-15)13-22)24-20(18-3-6-26-7-4-18)19-2-1-5-23-14-19/h1-2,5,14-18,20H,3-4,6-13H2,(H,24,25). The lowest BCUT2D eigenvalue weighted by atomic mass is 9.49. The number of ether oxygens (including phenoxy) is 1. The molecule has 1 N–H and O–H groups in total. The highest BCUT2D eigenvalue weighted by Crippen LogP contribution is 2.60. The largest absolute Gasteiger partial charge is 0.381 e. The van der Waals surface area contributed by atoms with Crippen LogP contribution in [0.5, 0.6) is 0 Å². The lowest BCUT2D eigenvalue weighted by Gasteiger charge is -2.56. The lowest BCUT2D eigenvalue weighted by Crippen LogP contribution is -2.54. The topological polar surface area (TPSA) is 51.2 Å². The molecule has 140 valence electrons. The molecule has 0 spiro atoms. The molecule has 4 aliphatic carbocycles. The van der Waals surface area contributed by atoms with Gasteiger partial charge in [0.05, 0.1) is 6.04 Å². The molecule has 4 nitrogen and oxygen atoms in total. The van der Waals surface area contributed by atoms with E-state index in [4.69, 9.17) is 4.74 Å². The number of aromatic nitrogens is 1. The second-order valence-corrected chi connectivity index (χ2v) is 9.39. The van der Waals surface area contributed by atoms with Crippen LogP contribution >= 0.6 is 0 Å². The number of hydrogen-bond donors (Lipinski definition) is 1. The van der Waals surface area contributed by atoms with Gasteiger partial charge in [-0.05, 0) is 86.7 Å². The average Bonchev–Trinajstić information content (AvgIpc) is 2.66. The molecule has 4 heteroatoms. The van der Waals surface area contributed by atoms with Gasteiger partial charge in [0.25, 0.3) is 0 Å². The Morgan fingerprint density at radius 3 is 2.35 bits per heavy atom. The summed E-state index contributed by atoms with van der Waals surface area (Å²) in [5.74, 6) is 3.17. The van der Waals surface area contributed by atoms with E-state index in [0.29, 0.717) is 11.8 Å². The van der Waals surface area contributed by atoms with E-state index in [1.165, 1.54) is 19.3 Å². The van der Waals surface area contributed by atoms with Crippen LogP contribution in [-0.4, -0.2) is 24.1 Å². The van der Waals surface area contributed by atoms with Gasteiger partial charge < -0.3 is 10.1 Å². The molecule has 1 amide bonds. The summed E-state index contributed by atoms with van der Waals surface area (Å²) < 4.78 is 5.56. The van der Waals surface area contributed by atoms with Gasteiger partial charge in [0.2, 0.25) is 5.91 Å². The lowest BCUT2D eigenvalue weighted by molar-refractivity contribution is -0.147. The SMILES string of the molecule is O=C(NC(c1cccnc1)C1CCOCC1)C12CC3CC(CC(C3)C1)C2. The molecular formula is C22H30N2O2. The van der Waals surface area contributed by atoms with Crippen LogP contribution in [0.25, 0.3) is 0 Å². The van der Waals surface area contributed by atoms with Gasteiger partial charge in [0.15, 0.2) is 0 Å². The first-order chi connectivity index (χ1) is 12.7. The van der Waals surface area contributed by atoms with Gasteiger partial charge in [0, 0.05) is 31.0 Å². The molecule has 1 unspecified atom stereocenters. The van der Waals surface area contributed by atoms with Gasteiger partial charge in [0.1, 0.15) is 0 Å². The quantitative estimate of drug-likeness (QED) is 0.893. The number of carbonyl (C=O) groups is 1. The molecule has 0 aromatic carbocycles. The maximum atomic E-state index is 13.6. The number of rotatable bonds is 4. The Morgan fingerprint density at radius 2 is 1.77 bits per heavy atom. The molecule has 1 atom stereocenters. The van der Waals surface area contributed by atoms with E-state index in [-0.39, 0.29) is 11.5 Å². The van der Waals surface area contributed by atoms with Crippen molar-refractivity contribution in [2.24, 2.45) is 29.1 Å². The third-order valence-electron chi connectivity index (χ3n) is 7.59. The zero-order valence-corrected chi connectivity index (χ0v) is 15.5. The van der Waals surface area contributed by atoms with Crippen molar-refractivity contribution in [3.63, 3.8) is 0 Å². The summed E-state index contributed by atoms with van der Waals surface area (Å²) in [6, 6.07) is 4.18. The molecule has 6 rings (SSSR count). The number of carbonyl (C=O) groups excluding carboxylic acids is 1. The van der Waals surface area contributed by atoms with Crippen molar-refractivity contribution >= 4 is 5.91 Å². The first kappa shape index (κ1) is 16.7. The summed E-state index contributed by atoms with van der Waals surface area (Å²) in [7, 11) is 0. The van der Waals surface area contributed by atoms with Crippen LogP contribution in [0.3, 0.4) is 0 Å². The van der Waals surface area contributed by atoms with Crippen LogP contribution in [0.2, 0.25) is 0 Å². The van der Waals surface area contributed by atoms with Crippen molar-refractivity contribution in [2.45, 2.75) is 57.4 Å². The van der Waals surface area contributed by atoms with E-state index in [1.54, 1.807) is 0 Å². The van der Waals surface area contributed by atoms with Crippen molar-refractivity contribution < 1.29 is 9.53 Å². The van der Waals surface area contributed by atoms with Crippen molar-refractivity contribution in [2.75, 3.05) is 13.2 Å². The zero-order valence-electron chi connectivity index (χ0n) is 15.5. The van der Waals surface area contributed by atoms with Crippen LogP contribution < -0.4 is 5.32 Å². The van der Waals surface area contributed by atoms with Crippen molar-refractivity contribution in [3.05, 3.63) is 30.1 Å². The summed E-state index contributed by atoms with van der Waals surface area (Å²) in [4.78, 5) is 17.9. The highest BCUT2D eigenvalue weighted by atomic mass is 16.5. The summed E-state index contributed by atoms with van der Waals surface area (Å²) >= 11 is 0. The predicted molar refractivity (Wildman–Crippen MR) is 99.3 cm³/mol. The van der Waals surface area contributed by atoms with E-state index < -0.39 is 0 Å². The van der Waals surface area contributed by atoms with E-state index >= 15 is 0 Å². The predicted octanol–water partition coefficient (Wildman–Crippen LogP) is 3.88. The van der Waals surface area contributed by atoms with Crippen molar-refractivity contribution in [3.8, 4) is 0 Å². The zero-order chi connectivity index (χ0) is 17.6. The maximum absolute atomic E-state index is 13.6. The normalized spacial score (nSPS) is 37.5. The van der Waals surface area contributed by atoms with Crippen LogP contribution in [0, 0.1) is 29.1 Å². The molecule has 5 fully saturated rings. The van der Waals surface area contributed by atoms with Crippen molar-refractivity contribution in [1.29, 1.82) is 0 Å². The Balaban J connectivity index is 1.38. The van der Waals surface area contributed by atoms with E-state index in [9.17, 15) is 4.79 Å². The molecule has 5 aliphatic rings. The number of hydrogen-bond acceptors (Lipinski definition) is 3. The number of pyridine rings is 1. The third-order valence-corrected chi connectivity index (χ3v) is 7.59. The van der Waals surface area contributed by atoms with Crippen LogP contribution in [0.4, 0.5) is 0 Å². The van der Waals surface area contributed by atoms with E-state index in [1.807, 2.05) is 18.5 Å². The molecule has 1 aliphatic heterocycles. The third kappa shape index (κ3) is 2.96. The first-order valence-electron chi connectivity index (χ1n) is 10.5. The molecule has 1 saturated heterocycles. The Hall–Kier alpha value is -1.42. The molecule has 1 aromatic heterocycles. The number of amides is 1. The fraction of sp³-hybridized carbons (Fsp3) is 0.727. The molecule has 4 saturated carbocycles. The fourth-order valence-electron chi connectivity index (χ4n) is 6.77. The molecule has 1 aromatic rings. The summed E-state index contributed by atoms with van der Waals surface area (Å²) in [6.45, 7) is 1.60. The van der Waals surface area contributed by atoms with Gasteiger partial charge in [-0.25, -0.2) is 0 Å². The highest BCUT2D eigenvalue weighted by molar-refractivity contribution is 5.83. The highest BCUT2D eigenvalue weighted by Gasteiger charge is 2.55. The minimum absolute atomic E-state index is 0.0769. The summed E-state index contributed by atoms with van der Waals surface area (Å²) in [5.41, 5.74) is 1.07. The molecule has 26 heavy (non-hydrogen) atoms. The number of nitrogens with zero attached hydrogens (tertiary/aromatic N) is 1. The van der Waals surface area contributed by atoms with Gasteiger partial charge in [-0.15, -0.1) is 0 Å². The Bertz CT molecular complexity index is 618. The van der Waals surface area contributed by atoms with E-state index in [0.717, 1.165) is 68.6 Å². The number of nitrogens with one attached hydrogen (secondary N) is 1. The Kier molecular flexibility index (Phi) is 4.27. The molecule has 2 heterocycles. The molecule has 4 bridgehead atoms. The smallest absolute Gasteiger partial charge is 0.226 e. The Labute approximate surface area is 156 Å². The van der Waals surface area contributed by atoms with Crippen LogP contribution in [-0.2, 0) is 9.53 Å². The van der Waals surface area contributed by atoms with Crippen molar-refractivity contribution in [1.82, 2.24) is 10.3 Å². The van der Waals surface area contributed by atoms with Crippen LogP contribution in [0.15, 0.2) is 24.5 Å². The van der Waals surface area contributed by atoms with E-state index in [2.05, 4.69) is 16.4 Å². The molecule has 0 radical (unpaired) electrons. The average molecular weight is 354 g/mol. The molecular weight excluding hydrogens is 324 g/mol. The van der Waals surface area contributed by atoms with Crippen LogP contribution in [0.1, 0.15) is 63.0 Å². The van der Waals surface area contributed by atoms with Gasteiger partial charge in [-0.3, -0.25) is 9.78 Å². The minimum atomic E-state index is -0.0830. The fourth-order valence-corrected chi connectivity index (χ4v) is 6.77. The monoisotopic (exact) mass is 354 g/mol. The minimum Gasteiger partial charge on any atom is -0.381 e. The first-order valence-corrected chi connectivity index (χ1v) is 10.5. The second kappa shape index (κ2) is 6.63. The summed E-state index contributed by atoms with van der Waals surface area (Å²) in [5, 5.41) is 3.53. The van der Waals surface area contributed by atoms with Gasteiger partial charge in [-0.2, -0.15) is 0 Å². The second-order valence-electron chi connectivity index (χ2n) is 9.39. The van der Waals surface area contributed by atoms with Gasteiger partial charge in [-0.1, -0.05) is 6.07 Å². The summed E-state index contributed by atoms with van der Waals surface area (Å²) in [6.07, 6.45) is 13.3. The maximum Gasteiger partial charge on any atom is 0.226 e. The Morgan fingerprint density at radius 1 is 1.12 bits per heavy atom.